The van der Waals surface area contributed by atoms with E-state index in [0.29, 0.717) is 17.6 Å². The number of sulfonamides is 1. The number of para-hydroxylation sites is 1. The van der Waals surface area contributed by atoms with Crippen LogP contribution in [0.3, 0.4) is 0 Å². The topological polar surface area (TPSA) is 75.7 Å². The van der Waals surface area contributed by atoms with Crippen molar-refractivity contribution < 1.29 is 17.9 Å². The molecule has 0 aliphatic carbocycles. The number of ether oxygens (including phenoxy) is 1. The number of nitrogens with one attached hydrogen (secondary N) is 1. The van der Waals surface area contributed by atoms with Crippen LogP contribution in [0.5, 0.6) is 5.75 Å². The van der Waals surface area contributed by atoms with Gasteiger partial charge in [0.25, 0.3) is 5.91 Å². The number of hydrogen-bond acceptors (Lipinski definition) is 4. The van der Waals surface area contributed by atoms with Gasteiger partial charge in [-0.1, -0.05) is 18.2 Å². The minimum atomic E-state index is -3.65. The van der Waals surface area contributed by atoms with Crippen LogP contribution in [0.1, 0.15) is 15.9 Å². The molecule has 0 spiro atoms. The van der Waals surface area contributed by atoms with Gasteiger partial charge in [-0.2, -0.15) is 0 Å². The molecule has 0 aliphatic rings. The van der Waals surface area contributed by atoms with Gasteiger partial charge in [0.2, 0.25) is 10.0 Å². The predicted octanol–water partition coefficient (Wildman–Crippen LogP) is 2.82. The molecule has 1 N–H and O–H groups in total. The summed E-state index contributed by atoms with van der Waals surface area (Å²) in [7, 11) is -0.764. The van der Waals surface area contributed by atoms with Gasteiger partial charge in [-0.3, -0.25) is 4.79 Å². The van der Waals surface area contributed by atoms with Gasteiger partial charge in [0.05, 0.1) is 11.4 Å². The van der Waals surface area contributed by atoms with Crippen molar-refractivity contribution in [2.45, 2.75) is 11.8 Å². The van der Waals surface area contributed by atoms with Gasteiger partial charge in [-0.05, 0) is 52.7 Å². The van der Waals surface area contributed by atoms with Crippen LogP contribution in [0.4, 0.5) is 0 Å². The van der Waals surface area contributed by atoms with Gasteiger partial charge < -0.3 is 10.1 Å². The maximum absolute atomic E-state index is 12.3. The molecule has 0 unspecified atom stereocenters. The zero-order valence-corrected chi connectivity index (χ0v) is 17.2. The minimum Gasteiger partial charge on any atom is -0.491 e. The molecule has 6 nitrogen and oxygen atoms in total. The predicted molar refractivity (Wildman–Crippen MR) is 104 cm³/mol. The number of amides is 1. The largest absolute Gasteiger partial charge is 0.491 e. The lowest BCUT2D eigenvalue weighted by atomic mass is 10.2. The Hall–Kier alpha value is -1.90. The van der Waals surface area contributed by atoms with E-state index in [9.17, 15) is 13.2 Å². The summed E-state index contributed by atoms with van der Waals surface area (Å²) in [4.78, 5) is 12.3. The Morgan fingerprint density at radius 3 is 2.54 bits per heavy atom. The van der Waals surface area contributed by atoms with E-state index < -0.39 is 10.0 Å². The van der Waals surface area contributed by atoms with E-state index in [-0.39, 0.29) is 16.4 Å². The fourth-order valence-electron chi connectivity index (χ4n) is 2.18. The number of hydrogen-bond donors (Lipinski definition) is 1. The molecule has 0 heterocycles. The van der Waals surface area contributed by atoms with E-state index >= 15 is 0 Å². The Bertz CT molecular complexity index is 898. The second-order valence-electron chi connectivity index (χ2n) is 5.80. The summed E-state index contributed by atoms with van der Waals surface area (Å²) in [5, 5.41) is 2.73. The van der Waals surface area contributed by atoms with E-state index in [1.165, 1.54) is 20.2 Å². The number of rotatable bonds is 7. The van der Waals surface area contributed by atoms with Crippen LogP contribution in [-0.2, 0) is 10.0 Å². The van der Waals surface area contributed by atoms with Crippen molar-refractivity contribution in [1.82, 2.24) is 9.62 Å². The minimum absolute atomic E-state index is 0.0475. The van der Waals surface area contributed by atoms with E-state index in [0.717, 1.165) is 15.6 Å². The average Bonchev–Trinajstić information content (AvgIpc) is 2.60. The highest BCUT2D eigenvalue weighted by Crippen LogP contribution is 2.25. The van der Waals surface area contributed by atoms with Crippen LogP contribution >= 0.6 is 15.9 Å². The maximum Gasteiger partial charge on any atom is 0.251 e. The summed E-state index contributed by atoms with van der Waals surface area (Å²) in [6.45, 7) is 2.57. The maximum atomic E-state index is 12.3. The molecule has 0 fully saturated rings. The second kappa shape index (κ2) is 8.66. The standard InChI is InChI=1S/C18H21BrN2O4S/c1-13-6-4-5-7-16(13)25-11-10-20-18(22)14-8-9-15(19)17(12-14)26(23,24)21(2)3/h4-9,12H,10-11H2,1-3H3,(H,20,22). The fraction of sp³-hybridized carbons (Fsp3) is 0.278. The van der Waals surface area contributed by atoms with Crippen LogP contribution in [-0.4, -0.2) is 45.9 Å². The number of aryl methyl sites for hydroxylation is 1. The summed E-state index contributed by atoms with van der Waals surface area (Å²) in [5.74, 6) is 0.408. The van der Waals surface area contributed by atoms with Gasteiger partial charge in [-0.15, -0.1) is 0 Å². The Balaban J connectivity index is 2.01. The molecule has 26 heavy (non-hydrogen) atoms. The summed E-state index contributed by atoms with van der Waals surface area (Å²) in [5.41, 5.74) is 1.29. The lowest BCUT2D eigenvalue weighted by molar-refractivity contribution is 0.0946. The van der Waals surface area contributed by atoms with Crippen LogP contribution in [0, 0.1) is 6.92 Å². The van der Waals surface area contributed by atoms with Gasteiger partial charge in [0.15, 0.2) is 0 Å². The van der Waals surface area contributed by atoms with E-state index in [2.05, 4.69) is 21.2 Å². The third-order valence-electron chi connectivity index (χ3n) is 3.69. The molecule has 140 valence electrons. The Morgan fingerprint density at radius 1 is 1.19 bits per heavy atom. The first kappa shape index (κ1) is 20.4. The summed E-state index contributed by atoms with van der Waals surface area (Å²) in [6.07, 6.45) is 0. The van der Waals surface area contributed by atoms with Gasteiger partial charge in [-0.25, -0.2) is 12.7 Å². The van der Waals surface area contributed by atoms with Crippen molar-refractivity contribution in [2.24, 2.45) is 0 Å². The van der Waals surface area contributed by atoms with E-state index in [1.54, 1.807) is 12.1 Å². The number of halogens is 1. The van der Waals surface area contributed by atoms with Crippen molar-refractivity contribution >= 4 is 31.9 Å². The van der Waals surface area contributed by atoms with E-state index in [1.807, 2.05) is 31.2 Å². The molecule has 2 aromatic rings. The molecule has 0 saturated heterocycles. The number of carbonyl (C=O) groups excluding carboxylic acids is 1. The summed E-state index contributed by atoms with van der Waals surface area (Å²) < 4.78 is 31.8. The highest BCUT2D eigenvalue weighted by atomic mass is 79.9. The average molecular weight is 441 g/mol. The highest BCUT2D eigenvalue weighted by molar-refractivity contribution is 9.10. The highest BCUT2D eigenvalue weighted by Gasteiger charge is 2.22. The third-order valence-corrected chi connectivity index (χ3v) is 6.50. The number of nitrogens with zero attached hydrogens (tertiary/aromatic N) is 1. The lowest BCUT2D eigenvalue weighted by Gasteiger charge is -2.14. The van der Waals surface area contributed by atoms with Crippen LogP contribution in [0.2, 0.25) is 0 Å². The first-order valence-electron chi connectivity index (χ1n) is 7.92. The Morgan fingerprint density at radius 2 is 1.88 bits per heavy atom. The Labute approximate surface area is 162 Å². The first-order chi connectivity index (χ1) is 12.2. The van der Waals surface area contributed by atoms with Gasteiger partial charge >= 0.3 is 0 Å². The fourth-order valence-corrected chi connectivity index (χ4v) is 4.03. The van der Waals surface area contributed by atoms with Crippen molar-refractivity contribution in [3.05, 3.63) is 58.1 Å². The molecule has 0 radical (unpaired) electrons. The molecule has 1 amide bonds. The lowest BCUT2D eigenvalue weighted by Crippen LogP contribution is -2.29. The smallest absolute Gasteiger partial charge is 0.251 e. The molecule has 0 aliphatic heterocycles. The van der Waals surface area contributed by atoms with Crippen molar-refractivity contribution in [1.29, 1.82) is 0 Å². The monoisotopic (exact) mass is 440 g/mol. The van der Waals surface area contributed by atoms with Crippen LogP contribution < -0.4 is 10.1 Å². The van der Waals surface area contributed by atoms with Gasteiger partial charge in [0, 0.05) is 24.1 Å². The molecular formula is C18H21BrN2O4S. The van der Waals surface area contributed by atoms with Crippen molar-refractivity contribution in [3.63, 3.8) is 0 Å². The quantitative estimate of drug-likeness (QED) is 0.671. The molecule has 0 bridgehead atoms. The number of carbonyl (C=O) groups is 1. The zero-order chi connectivity index (χ0) is 19.3. The summed E-state index contributed by atoms with van der Waals surface area (Å²) >= 11 is 3.22. The second-order valence-corrected chi connectivity index (χ2v) is 8.78. The van der Waals surface area contributed by atoms with E-state index in [4.69, 9.17) is 4.74 Å². The van der Waals surface area contributed by atoms with Crippen LogP contribution in [0.25, 0.3) is 0 Å². The molecule has 0 saturated carbocycles. The summed E-state index contributed by atoms with van der Waals surface area (Å²) in [6, 6.07) is 12.1. The molecule has 0 aromatic heterocycles. The van der Waals surface area contributed by atoms with Crippen molar-refractivity contribution in [2.75, 3.05) is 27.2 Å². The zero-order valence-electron chi connectivity index (χ0n) is 14.8. The number of benzene rings is 2. The molecule has 2 rings (SSSR count). The third kappa shape index (κ3) is 4.84. The van der Waals surface area contributed by atoms with Gasteiger partial charge in [0.1, 0.15) is 12.4 Å². The normalized spacial score (nSPS) is 11.4. The Kier molecular flexibility index (Phi) is 6.80. The molecule has 0 atom stereocenters. The molecular weight excluding hydrogens is 420 g/mol. The first-order valence-corrected chi connectivity index (χ1v) is 10.2. The SMILES string of the molecule is Cc1ccccc1OCCNC(=O)c1ccc(Br)c(S(=O)(=O)N(C)C)c1. The van der Waals surface area contributed by atoms with Crippen molar-refractivity contribution in [3.8, 4) is 5.75 Å². The molecule has 2 aromatic carbocycles. The molecule has 8 heteroatoms. The van der Waals surface area contributed by atoms with Crippen LogP contribution in [0.15, 0.2) is 51.8 Å².